The Kier molecular flexibility index (Phi) is 3.98. The topological polar surface area (TPSA) is 76.3 Å². The first-order valence-electron chi connectivity index (χ1n) is 7.61. The molecule has 1 fully saturated rings. The van der Waals surface area contributed by atoms with Gasteiger partial charge in [-0.3, -0.25) is 14.6 Å². The van der Waals surface area contributed by atoms with Crippen LogP contribution in [0, 0.1) is 18.7 Å². The number of piperidine rings is 1. The number of aromatic nitrogens is 1. The molecular formula is C17H18FN3O2. The smallest absolute Gasteiger partial charge is 0.255 e. The molecule has 0 aliphatic carbocycles. The highest BCUT2D eigenvalue weighted by molar-refractivity contribution is 5.98. The van der Waals surface area contributed by atoms with Gasteiger partial charge in [0.1, 0.15) is 5.82 Å². The van der Waals surface area contributed by atoms with Crippen LogP contribution < -0.4 is 5.73 Å². The van der Waals surface area contributed by atoms with E-state index >= 15 is 0 Å². The zero-order valence-corrected chi connectivity index (χ0v) is 12.9. The van der Waals surface area contributed by atoms with Crippen LogP contribution in [0.3, 0.4) is 0 Å². The highest BCUT2D eigenvalue weighted by Gasteiger charge is 2.27. The van der Waals surface area contributed by atoms with E-state index in [1.165, 1.54) is 12.1 Å². The molecule has 2 aromatic rings. The Morgan fingerprint density at radius 1 is 1.26 bits per heavy atom. The molecule has 0 unspecified atom stereocenters. The van der Waals surface area contributed by atoms with E-state index in [0.29, 0.717) is 42.7 Å². The van der Waals surface area contributed by atoms with Gasteiger partial charge in [-0.15, -0.1) is 0 Å². The zero-order valence-electron chi connectivity index (χ0n) is 12.9. The summed E-state index contributed by atoms with van der Waals surface area (Å²) in [4.78, 5) is 30.0. The first-order valence-corrected chi connectivity index (χ1v) is 7.61. The van der Waals surface area contributed by atoms with Gasteiger partial charge in [0.2, 0.25) is 5.91 Å². The fourth-order valence-electron chi connectivity index (χ4n) is 2.99. The summed E-state index contributed by atoms with van der Waals surface area (Å²) < 4.78 is 13.3. The van der Waals surface area contributed by atoms with Gasteiger partial charge < -0.3 is 10.6 Å². The monoisotopic (exact) mass is 315 g/mol. The second kappa shape index (κ2) is 5.95. The number of carbonyl (C=O) groups is 2. The molecule has 1 aromatic heterocycles. The minimum absolute atomic E-state index is 0.107. The highest BCUT2D eigenvalue weighted by atomic mass is 19.1. The Hall–Kier alpha value is -2.50. The standard InChI is InChI=1S/C17H18FN3O2/c1-10-14(8-12-2-3-13(18)9-15(12)20-10)17(23)21-6-4-11(5-7-21)16(19)22/h2-3,8-9,11H,4-7H2,1H3,(H2,19,22). The Bertz CT molecular complexity index is 783. The van der Waals surface area contributed by atoms with Crippen molar-refractivity contribution in [2.24, 2.45) is 11.7 Å². The van der Waals surface area contributed by atoms with E-state index in [1.54, 1.807) is 24.0 Å². The van der Waals surface area contributed by atoms with Crippen LogP contribution in [0.4, 0.5) is 4.39 Å². The summed E-state index contributed by atoms with van der Waals surface area (Å²) in [6.45, 7) is 2.76. The molecule has 23 heavy (non-hydrogen) atoms. The number of halogens is 1. The number of carbonyl (C=O) groups excluding carboxylic acids is 2. The van der Waals surface area contributed by atoms with E-state index in [0.717, 1.165) is 5.39 Å². The largest absolute Gasteiger partial charge is 0.369 e. The summed E-state index contributed by atoms with van der Waals surface area (Å²) in [5.41, 5.74) is 6.94. The molecular weight excluding hydrogens is 297 g/mol. The normalized spacial score (nSPS) is 15.8. The summed E-state index contributed by atoms with van der Waals surface area (Å²) in [5, 5.41) is 0.729. The third kappa shape index (κ3) is 3.02. The maximum Gasteiger partial charge on any atom is 0.255 e. The van der Waals surface area contributed by atoms with Crippen LogP contribution in [-0.4, -0.2) is 34.8 Å². The molecule has 0 radical (unpaired) electrons. The van der Waals surface area contributed by atoms with Crippen molar-refractivity contribution in [2.75, 3.05) is 13.1 Å². The van der Waals surface area contributed by atoms with E-state index in [1.807, 2.05) is 0 Å². The zero-order chi connectivity index (χ0) is 16.6. The van der Waals surface area contributed by atoms with Crippen LogP contribution in [-0.2, 0) is 4.79 Å². The maximum absolute atomic E-state index is 13.3. The van der Waals surface area contributed by atoms with Crippen molar-refractivity contribution in [3.05, 3.63) is 41.3 Å². The second-order valence-electron chi connectivity index (χ2n) is 5.93. The Labute approximate surface area is 133 Å². The molecule has 5 nitrogen and oxygen atoms in total. The lowest BCUT2D eigenvalue weighted by molar-refractivity contribution is -0.123. The molecule has 6 heteroatoms. The van der Waals surface area contributed by atoms with Crippen LogP contribution in [0.15, 0.2) is 24.3 Å². The van der Waals surface area contributed by atoms with Crippen molar-refractivity contribution < 1.29 is 14.0 Å². The summed E-state index contributed by atoms with van der Waals surface area (Å²) in [7, 11) is 0. The Balaban J connectivity index is 1.85. The minimum Gasteiger partial charge on any atom is -0.369 e. The van der Waals surface area contributed by atoms with Gasteiger partial charge in [0.05, 0.1) is 16.8 Å². The number of pyridine rings is 1. The molecule has 2 amide bonds. The Morgan fingerprint density at radius 3 is 2.61 bits per heavy atom. The number of likely N-dealkylation sites (tertiary alicyclic amines) is 1. The first-order chi connectivity index (χ1) is 11.0. The third-order valence-electron chi connectivity index (χ3n) is 4.39. The summed E-state index contributed by atoms with van der Waals surface area (Å²) in [6, 6.07) is 6.08. The number of amides is 2. The van der Waals surface area contributed by atoms with Crippen LogP contribution in [0.25, 0.3) is 10.9 Å². The lowest BCUT2D eigenvalue weighted by Crippen LogP contribution is -2.42. The van der Waals surface area contributed by atoms with Gasteiger partial charge in [-0.25, -0.2) is 4.39 Å². The number of nitrogens with two attached hydrogens (primary N) is 1. The molecule has 0 saturated carbocycles. The van der Waals surface area contributed by atoms with E-state index in [-0.39, 0.29) is 23.5 Å². The number of aryl methyl sites for hydroxylation is 1. The van der Waals surface area contributed by atoms with Crippen LogP contribution in [0.2, 0.25) is 0 Å². The van der Waals surface area contributed by atoms with Crippen LogP contribution in [0.1, 0.15) is 28.9 Å². The van der Waals surface area contributed by atoms with Gasteiger partial charge in [-0.05, 0) is 38.0 Å². The van der Waals surface area contributed by atoms with Gasteiger partial charge in [-0.2, -0.15) is 0 Å². The van der Waals surface area contributed by atoms with Crippen molar-refractivity contribution in [1.82, 2.24) is 9.88 Å². The second-order valence-corrected chi connectivity index (χ2v) is 5.93. The lowest BCUT2D eigenvalue weighted by atomic mass is 9.95. The van der Waals surface area contributed by atoms with E-state index in [2.05, 4.69) is 4.98 Å². The van der Waals surface area contributed by atoms with Crippen molar-refractivity contribution in [2.45, 2.75) is 19.8 Å². The SMILES string of the molecule is Cc1nc2cc(F)ccc2cc1C(=O)N1CCC(C(N)=O)CC1. The molecule has 1 aliphatic rings. The van der Waals surface area contributed by atoms with Gasteiger partial charge >= 0.3 is 0 Å². The van der Waals surface area contributed by atoms with Crippen molar-refractivity contribution >= 4 is 22.7 Å². The summed E-state index contributed by atoms with van der Waals surface area (Å²) >= 11 is 0. The molecule has 1 aliphatic heterocycles. The fourth-order valence-corrected chi connectivity index (χ4v) is 2.99. The minimum atomic E-state index is -0.350. The van der Waals surface area contributed by atoms with Gasteiger partial charge in [-0.1, -0.05) is 0 Å². The number of hydrogen-bond acceptors (Lipinski definition) is 3. The predicted octanol–water partition coefficient (Wildman–Crippen LogP) is 2.02. The number of benzene rings is 1. The average Bonchev–Trinajstić information content (AvgIpc) is 2.53. The molecule has 2 heterocycles. The highest BCUT2D eigenvalue weighted by Crippen LogP contribution is 2.22. The molecule has 0 atom stereocenters. The molecule has 1 saturated heterocycles. The van der Waals surface area contributed by atoms with Crippen LogP contribution in [0.5, 0.6) is 0 Å². The first kappa shape index (κ1) is 15.4. The number of rotatable bonds is 2. The number of hydrogen-bond donors (Lipinski definition) is 1. The molecule has 120 valence electrons. The molecule has 1 aromatic carbocycles. The third-order valence-corrected chi connectivity index (χ3v) is 4.39. The molecule has 3 rings (SSSR count). The van der Waals surface area contributed by atoms with Crippen molar-refractivity contribution in [3.8, 4) is 0 Å². The quantitative estimate of drug-likeness (QED) is 0.921. The lowest BCUT2D eigenvalue weighted by Gasteiger charge is -2.30. The van der Waals surface area contributed by atoms with Crippen molar-refractivity contribution in [1.29, 1.82) is 0 Å². The number of nitrogens with zero attached hydrogens (tertiary/aromatic N) is 2. The Morgan fingerprint density at radius 2 is 1.96 bits per heavy atom. The van der Waals surface area contributed by atoms with Gasteiger partial charge in [0, 0.05) is 30.5 Å². The molecule has 2 N–H and O–H groups in total. The fraction of sp³-hybridized carbons (Fsp3) is 0.353. The van der Waals surface area contributed by atoms with Gasteiger partial charge in [0.15, 0.2) is 0 Å². The van der Waals surface area contributed by atoms with E-state index in [4.69, 9.17) is 5.73 Å². The van der Waals surface area contributed by atoms with Gasteiger partial charge in [0.25, 0.3) is 5.91 Å². The molecule has 0 spiro atoms. The number of fused-ring (bicyclic) bond motifs is 1. The summed E-state index contributed by atoms with van der Waals surface area (Å²) in [6.07, 6.45) is 1.18. The number of primary amides is 1. The predicted molar refractivity (Wildman–Crippen MR) is 84.3 cm³/mol. The van der Waals surface area contributed by atoms with Crippen LogP contribution >= 0.6 is 0 Å². The van der Waals surface area contributed by atoms with Crippen molar-refractivity contribution in [3.63, 3.8) is 0 Å². The van der Waals surface area contributed by atoms with E-state index < -0.39 is 0 Å². The maximum atomic E-state index is 13.3. The molecule has 0 bridgehead atoms. The van der Waals surface area contributed by atoms with E-state index in [9.17, 15) is 14.0 Å². The average molecular weight is 315 g/mol. The summed E-state index contributed by atoms with van der Waals surface area (Å²) in [5.74, 6) is -0.915.